The van der Waals surface area contributed by atoms with Crippen molar-refractivity contribution in [2.75, 3.05) is 6.61 Å². The lowest BCUT2D eigenvalue weighted by Crippen LogP contribution is -2.59. The van der Waals surface area contributed by atoms with Gasteiger partial charge < -0.3 is 23.7 Å². The van der Waals surface area contributed by atoms with Crippen LogP contribution < -0.4 is 0 Å². The molecule has 0 bridgehead atoms. The molecule has 3 fully saturated rings. The second kappa shape index (κ2) is 3.73. The first kappa shape index (κ1) is 11.6. The lowest BCUT2D eigenvalue weighted by atomic mass is 10.0. The number of ether oxygens (including phenoxy) is 5. The highest BCUT2D eigenvalue weighted by Gasteiger charge is 2.55. The van der Waals surface area contributed by atoms with Gasteiger partial charge in [0, 0.05) is 0 Å². The monoisotopic (exact) mass is 244 g/mol. The summed E-state index contributed by atoms with van der Waals surface area (Å²) in [5.41, 5.74) is 0. The zero-order chi connectivity index (χ0) is 12.2. The fraction of sp³-hybridized carbons (Fsp3) is 0.909. The van der Waals surface area contributed by atoms with Gasteiger partial charge in [-0.15, -0.1) is 0 Å². The standard InChI is InChI=1S/C11H16O6/c1-5-13-4-6-8(14-5)7(12)9-10(15-6)17-11(2,3)16-9/h5-6,8-10H,4H2,1-3H3/t5?,6-,8+,9-,10-/m1/s1. The molecule has 3 saturated heterocycles. The number of rotatable bonds is 0. The van der Waals surface area contributed by atoms with Crippen molar-refractivity contribution in [1.29, 1.82) is 0 Å². The van der Waals surface area contributed by atoms with E-state index in [-0.39, 0.29) is 5.78 Å². The third-order valence-electron chi connectivity index (χ3n) is 3.10. The summed E-state index contributed by atoms with van der Waals surface area (Å²) < 4.78 is 27.5. The summed E-state index contributed by atoms with van der Waals surface area (Å²) in [7, 11) is 0. The maximum Gasteiger partial charge on any atom is 0.198 e. The van der Waals surface area contributed by atoms with Gasteiger partial charge in [0.05, 0.1) is 6.61 Å². The number of hydrogen-bond donors (Lipinski definition) is 0. The fourth-order valence-electron chi connectivity index (χ4n) is 2.37. The van der Waals surface area contributed by atoms with Crippen LogP contribution in [-0.4, -0.2) is 49.1 Å². The lowest BCUT2D eigenvalue weighted by Gasteiger charge is -2.40. The molecule has 0 spiro atoms. The van der Waals surface area contributed by atoms with Crippen LogP contribution in [0.2, 0.25) is 0 Å². The first-order chi connectivity index (χ1) is 7.96. The minimum absolute atomic E-state index is 0.119. The molecule has 6 nitrogen and oxygen atoms in total. The molecule has 3 rings (SSSR count). The van der Waals surface area contributed by atoms with Gasteiger partial charge in [0.2, 0.25) is 0 Å². The number of Topliss-reactive ketones (excluding diaryl/α,β-unsaturated/α-hetero) is 1. The Morgan fingerprint density at radius 2 is 1.94 bits per heavy atom. The summed E-state index contributed by atoms with van der Waals surface area (Å²) >= 11 is 0. The van der Waals surface area contributed by atoms with Gasteiger partial charge >= 0.3 is 0 Å². The zero-order valence-corrected chi connectivity index (χ0v) is 10.0. The van der Waals surface area contributed by atoms with E-state index in [1.54, 1.807) is 20.8 Å². The van der Waals surface area contributed by atoms with E-state index in [1.165, 1.54) is 0 Å². The first-order valence-corrected chi connectivity index (χ1v) is 5.78. The molecule has 3 aliphatic heterocycles. The summed E-state index contributed by atoms with van der Waals surface area (Å²) in [6.45, 7) is 5.60. The Morgan fingerprint density at radius 1 is 1.18 bits per heavy atom. The highest BCUT2D eigenvalue weighted by atomic mass is 16.8. The van der Waals surface area contributed by atoms with Crippen molar-refractivity contribution in [2.45, 2.75) is 57.5 Å². The molecule has 0 radical (unpaired) electrons. The molecule has 0 amide bonds. The van der Waals surface area contributed by atoms with Gasteiger partial charge in [-0.3, -0.25) is 4.79 Å². The van der Waals surface area contributed by atoms with E-state index in [2.05, 4.69) is 0 Å². The maximum atomic E-state index is 12.2. The van der Waals surface area contributed by atoms with Crippen molar-refractivity contribution >= 4 is 5.78 Å². The van der Waals surface area contributed by atoms with Gasteiger partial charge in [-0.25, -0.2) is 0 Å². The van der Waals surface area contributed by atoms with Crippen molar-refractivity contribution in [3.05, 3.63) is 0 Å². The van der Waals surface area contributed by atoms with Crippen molar-refractivity contribution in [3.63, 3.8) is 0 Å². The molecule has 17 heavy (non-hydrogen) atoms. The number of carbonyl (C=O) groups excluding carboxylic acids is 1. The Balaban J connectivity index is 1.81. The van der Waals surface area contributed by atoms with E-state index in [1.807, 2.05) is 0 Å². The number of hydrogen-bond acceptors (Lipinski definition) is 6. The quantitative estimate of drug-likeness (QED) is 0.606. The van der Waals surface area contributed by atoms with E-state index in [9.17, 15) is 4.79 Å². The Hall–Kier alpha value is -0.530. The molecule has 0 aromatic heterocycles. The largest absolute Gasteiger partial charge is 0.350 e. The lowest BCUT2D eigenvalue weighted by molar-refractivity contribution is -0.294. The van der Waals surface area contributed by atoms with Crippen LogP contribution >= 0.6 is 0 Å². The Kier molecular flexibility index (Phi) is 2.53. The Labute approximate surface area is 99.1 Å². The number of fused-ring (bicyclic) bond motifs is 2. The molecule has 1 unspecified atom stereocenters. The first-order valence-electron chi connectivity index (χ1n) is 5.78. The van der Waals surface area contributed by atoms with E-state index < -0.39 is 36.7 Å². The third kappa shape index (κ3) is 1.90. The topological polar surface area (TPSA) is 63.2 Å². The van der Waals surface area contributed by atoms with Gasteiger partial charge in [-0.05, 0) is 20.8 Å². The maximum absolute atomic E-state index is 12.2. The number of ketones is 1. The molecule has 0 N–H and O–H groups in total. The normalized spacial score (nSPS) is 48.6. The minimum Gasteiger partial charge on any atom is -0.350 e. The molecular weight excluding hydrogens is 228 g/mol. The fourth-order valence-corrected chi connectivity index (χ4v) is 2.37. The van der Waals surface area contributed by atoms with E-state index in [4.69, 9.17) is 23.7 Å². The van der Waals surface area contributed by atoms with Gasteiger partial charge in [-0.1, -0.05) is 0 Å². The predicted octanol–water partition coefficient (Wildman–Crippen LogP) is 0.193. The molecule has 5 atom stereocenters. The molecule has 0 aromatic rings. The van der Waals surface area contributed by atoms with Crippen LogP contribution in [0, 0.1) is 0 Å². The molecule has 3 aliphatic rings. The van der Waals surface area contributed by atoms with Crippen LogP contribution in [0.1, 0.15) is 20.8 Å². The van der Waals surface area contributed by atoms with Gasteiger partial charge in [-0.2, -0.15) is 0 Å². The zero-order valence-electron chi connectivity index (χ0n) is 10.0. The SMILES string of the molecule is CC1OC[C@H]2O[C@@H]3OC(C)(C)O[C@@H]3C(=O)[C@H]2O1. The average Bonchev–Trinajstić information content (AvgIpc) is 2.55. The summed E-state index contributed by atoms with van der Waals surface area (Å²) in [4.78, 5) is 12.2. The molecule has 3 heterocycles. The minimum atomic E-state index is -0.801. The van der Waals surface area contributed by atoms with Crippen molar-refractivity contribution in [1.82, 2.24) is 0 Å². The van der Waals surface area contributed by atoms with Crippen molar-refractivity contribution < 1.29 is 28.5 Å². The van der Waals surface area contributed by atoms with Crippen LogP contribution in [0.4, 0.5) is 0 Å². The Morgan fingerprint density at radius 3 is 2.71 bits per heavy atom. The summed E-state index contributed by atoms with van der Waals surface area (Å²) in [6, 6.07) is 0. The third-order valence-corrected chi connectivity index (χ3v) is 3.10. The Bertz CT molecular complexity index is 337. The molecular formula is C11H16O6. The molecule has 0 aromatic carbocycles. The van der Waals surface area contributed by atoms with Crippen LogP contribution in [-0.2, 0) is 28.5 Å². The van der Waals surface area contributed by atoms with Gasteiger partial charge in [0.25, 0.3) is 0 Å². The van der Waals surface area contributed by atoms with Crippen LogP contribution in [0.5, 0.6) is 0 Å². The summed E-state index contributed by atoms with van der Waals surface area (Å²) in [5.74, 6) is -0.919. The summed E-state index contributed by atoms with van der Waals surface area (Å²) in [5, 5.41) is 0. The van der Waals surface area contributed by atoms with E-state index >= 15 is 0 Å². The average molecular weight is 244 g/mol. The van der Waals surface area contributed by atoms with Crippen molar-refractivity contribution in [3.8, 4) is 0 Å². The molecule has 0 saturated carbocycles. The second-order valence-electron chi connectivity index (χ2n) is 4.96. The van der Waals surface area contributed by atoms with E-state index in [0.29, 0.717) is 6.61 Å². The highest BCUT2D eigenvalue weighted by molar-refractivity contribution is 5.89. The molecule has 0 aliphatic carbocycles. The molecule has 96 valence electrons. The summed E-state index contributed by atoms with van der Waals surface area (Å²) in [6.07, 6.45) is -2.76. The highest BCUT2D eigenvalue weighted by Crippen LogP contribution is 2.36. The van der Waals surface area contributed by atoms with Gasteiger partial charge in [0.15, 0.2) is 36.4 Å². The van der Waals surface area contributed by atoms with Crippen LogP contribution in [0.3, 0.4) is 0 Å². The van der Waals surface area contributed by atoms with Crippen molar-refractivity contribution in [2.24, 2.45) is 0 Å². The van der Waals surface area contributed by atoms with Crippen LogP contribution in [0.15, 0.2) is 0 Å². The predicted molar refractivity (Wildman–Crippen MR) is 54.0 cm³/mol. The number of carbonyl (C=O) groups is 1. The van der Waals surface area contributed by atoms with Gasteiger partial charge in [0.1, 0.15) is 6.10 Å². The second-order valence-corrected chi connectivity index (χ2v) is 4.96. The smallest absolute Gasteiger partial charge is 0.198 e. The van der Waals surface area contributed by atoms with E-state index in [0.717, 1.165) is 0 Å². The van der Waals surface area contributed by atoms with Crippen LogP contribution in [0.25, 0.3) is 0 Å². The molecule has 6 heteroatoms.